The van der Waals surface area contributed by atoms with Crippen molar-refractivity contribution < 1.29 is 31.4 Å². The van der Waals surface area contributed by atoms with Crippen molar-refractivity contribution in [1.29, 1.82) is 0 Å². The molecule has 0 aliphatic heterocycles. The van der Waals surface area contributed by atoms with Crippen molar-refractivity contribution in [2.75, 3.05) is 17.2 Å². The lowest BCUT2D eigenvalue weighted by Gasteiger charge is -2.21. The molecule has 1 atom stereocenters. The quantitative estimate of drug-likeness (QED) is 0.527. The van der Waals surface area contributed by atoms with Crippen LogP contribution in [0, 0.1) is 5.92 Å². The standard InChI is InChI=1S/C17H17ClF6N4O/c1-8(2)12(7-29)26-15-27-13(17(22,23)24)6-14(28-15)25-9-3-4-11(18)10(5-9)16(19,20)21/h3-6,8,12,29H,7H2,1-2H3,(H2,25,26,27,28)/t12-/m1/s1. The molecule has 12 heteroatoms. The minimum atomic E-state index is -4.82. The fraction of sp³-hybridized carbons (Fsp3) is 0.412. The van der Waals surface area contributed by atoms with E-state index in [4.69, 9.17) is 11.6 Å². The molecular weight excluding hydrogens is 426 g/mol. The van der Waals surface area contributed by atoms with Gasteiger partial charge in [0, 0.05) is 11.8 Å². The average Bonchev–Trinajstić information content (AvgIpc) is 2.59. The van der Waals surface area contributed by atoms with Crippen LogP contribution in [0.25, 0.3) is 0 Å². The molecule has 0 aliphatic rings. The molecule has 0 unspecified atom stereocenters. The molecule has 0 saturated heterocycles. The van der Waals surface area contributed by atoms with Gasteiger partial charge in [0.15, 0.2) is 5.69 Å². The monoisotopic (exact) mass is 442 g/mol. The number of benzene rings is 1. The van der Waals surface area contributed by atoms with Crippen LogP contribution in [0.15, 0.2) is 24.3 Å². The van der Waals surface area contributed by atoms with Crippen LogP contribution in [0.2, 0.25) is 5.02 Å². The molecule has 0 spiro atoms. The Morgan fingerprint density at radius 2 is 1.69 bits per heavy atom. The van der Waals surface area contributed by atoms with E-state index >= 15 is 0 Å². The zero-order chi connectivity index (χ0) is 22.0. The highest BCUT2D eigenvalue weighted by molar-refractivity contribution is 6.31. The van der Waals surface area contributed by atoms with Gasteiger partial charge in [0.05, 0.1) is 23.2 Å². The predicted octanol–water partition coefficient (Wildman–Crippen LogP) is 5.34. The number of aliphatic hydroxyl groups is 1. The van der Waals surface area contributed by atoms with Crippen LogP contribution < -0.4 is 10.6 Å². The van der Waals surface area contributed by atoms with Gasteiger partial charge in [-0.25, -0.2) is 4.98 Å². The first-order valence-corrected chi connectivity index (χ1v) is 8.66. The maximum absolute atomic E-state index is 13.2. The summed E-state index contributed by atoms with van der Waals surface area (Å²) in [5.41, 5.74) is -2.61. The molecule has 5 nitrogen and oxygen atoms in total. The highest BCUT2D eigenvalue weighted by Crippen LogP contribution is 2.37. The van der Waals surface area contributed by atoms with E-state index in [2.05, 4.69) is 20.6 Å². The topological polar surface area (TPSA) is 70.1 Å². The minimum absolute atomic E-state index is 0.153. The van der Waals surface area contributed by atoms with Crippen molar-refractivity contribution in [2.45, 2.75) is 32.2 Å². The van der Waals surface area contributed by atoms with Crippen LogP contribution in [-0.4, -0.2) is 27.7 Å². The largest absolute Gasteiger partial charge is 0.433 e. The minimum Gasteiger partial charge on any atom is -0.394 e. The van der Waals surface area contributed by atoms with Gasteiger partial charge in [-0.3, -0.25) is 0 Å². The maximum atomic E-state index is 13.2. The summed E-state index contributed by atoms with van der Waals surface area (Å²) in [5.74, 6) is -0.967. The number of hydrogen-bond acceptors (Lipinski definition) is 5. The number of anilines is 3. The number of aromatic nitrogens is 2. The van der Waals surface area contributed by atoms with Gasteiger partial charge < -0.3 is 15.7 Å². The smallest absolute Gasteiger partial charge is 0.394 e. The van der Waals surface area contributed by atoms with Gasteiger partial charge >= 0.3 is 12.4 Å². The summed E-state index contributed by atoms with van der Waals surface area (Å²) in [4.78, 5) is 7.26. The Morgan fingerprint density at radius 1 is 1.03 bits per heavy atom. The van der Waals surface area contributed by atoms with E-state index in [9.17, 15) is 31.4 Å². The SMILES string of the molecule is CC(C)[C@@H](CO)Nc1nc(Nc2ccc(Cl)c(C(F)(F)F)c2)cc(C(F)(F)F)n1. The van der Waals surface area contributed by atoms with Gasteiger partial charge in [-0.15, -0.1) is 0 Å². The van der Waals surface area contributed by atoms with Crippen molar-refractivity contribution in [1.82, 2.24) is 9.97 Å². The van der Waals surface area contributed by atoms with Crippen LogP contribution in [0.3, 0.4) is 0 Å². The average molecular weight is 443 g/mol. The second kappa shape index (κ2) is 8.62. The molecule has 29 heavy (non-hydrogen) atoms. The maximum Gasteiger partial charge on any atom is 0.433 e. The van der Waals surface area contributed by atoms with E-state index in [0.29, 0.717) is 12.1 Å². The molecule has 0 saturated carbocycles. The Kier molecular flexibility index (Phi) is 6.84. The molecule has 1 aromatic heterocycles. The van der Waals surface area contributed by atoms with Crippen LogP contribution >= 0.6 is 11.6 Å². The number of rotatable bonds is 6. The fourth-order valence-corrected chi connectivity index (χ4v) is 2.50. The van der Waals surface area contributed by atoms with Gasteiger partial charge in [-0.05, 0) is 24.1 Å². The second-order valence-electron chi connectivity index (χ2n) is 6.45. The van der Waals surface area contributed by atoms with Crippen molar-refractivity contribution >= 4 is 29.1 Å². The van der Waals surface area contributed by atoms with Crippen LogP contribution in [0.1, 0.15) is 25.1 Å². The van der Waals surface area contributed by atoms with Crippen LogP contribution in [0.5, 0.6) is 0 Å². The van der Waals surface area contributed by atoms with Gasteiger partial charge in [0.1, 0.15) is 5.82 Å². The second-order valence-corrected chi connectivity index (χ2v) is 6.86. The number of aliphatic hydroxyl groups excluding tert-OH is 1. The molecule has 2 rings (SSSR count). The first kappa shape index (κ1) is 23.0. The van der Waals surface area contributed by atoms with Crippen LogP contribution in [0.4, 0.5) is 43.8 Å². The number of nitrogens with zero attached hydrogens (tertiary/aromatic N) is 2. The molecule has 1 aromatic carbocycles. The van der Waals surface area contributed by atoms with E-state index in [1.807, 2.05) is 0 Å². The molecule has 3 N–H and O–H groups in total. The third-order valence-corrected chi connectivity index (χ3v) is 4.21. The zero-order valence-corrected chi connectivity index (χ0v) is 15.9. The molecule has 0 amide bonds. The summed E-state index contributed by atoms with van der Waals surface area (Å²) in [5, 5.41) is 13.8. The number of hydrogen-bond donors (Lipinski definition) is 3. The van der Waals surface area contributed by atoms with Crippen LogP contribution in [-0.2, 0) is 12.4 Å². The van der Waals surface area contributed by atoms with Crippen molar-refractivity contribution in [3.63, 3.8) is 0 Å². The fourth-order valence-electron chi connectivity index (χ4n) is 2.28. The lowest BCUT2D eigenvalue weighted by atomic mass is 10.1. The number of alkyl halides is 6. The Morgan fingerprint density at radius 3 is 2.21 bits per heavy atom. The number of nitrogens with one attached hydrogen (secondary N) is 2. The van der Waals surface area contributed by atoms with E-state index in [1.54, 1.807) is 13.8 Å². The molecule has 0 fully saturated rings. The van der Waals surface area contributed by atoms with Crippen molar-refractivity contribution in [3.05, 3.63) is 40.5 Å². The first-order chi connectivity index (χ1) is 13.3. The van der Waals surface area contributed by atoms with Crippen molar-refractivity contribution in [3.8, 4) is 0 Å². The molecular formula is C17H17ClF6N4O. The molecule has 160 valence electrons. The van der Waals surface area contributed by atoms with E-state index in [1.165, 1.54) is 6.07 Å². The Bertz CT molecular complexity index is 857. The molecule has 2 aromatic rings. The molecule has 1 heterocycles. The van der Waals surface area contributed by atoms with E-state index in [-0.39, 0.29) is 24.0 Å². The molecule has 0 aliphatic carbocycles. The lowest BCUT2D eigenvalue weighted by Crippen LogP contribution is -2.30. The zero-order valence-electron chi connectivity index (χ0n) is 15.2. The normalized spacial score (nSPS) is 13.5. The summed E-state index contributed by atoms with van der Waals surface area (Å²) in [7, 11) is 0. The summed E-state index contributed by atoms with van der Waals surface area (Å²) >= 11 is 5.54. The third kappa shape index (κ3) is 6.10. The highest BCUT2D eigenvalue weighted by atomic mass is 35.5. The predicted molar refractivity (Wildman–Crippen MR) is 96.1 cm³/mol. The summed E-state index contributed by atoms with van der Waals surface area (Å²) in [6.45, 7) is 3.08. The van der Waals surface area contributed by atoms with Gasteiger partial charge in [-0.2, -0.15) is 31.3 Å². The van der Waals surface area contributed by atoms with Gasteiger partial charge in [-0.1, -0.05) is 25.4 Å². The Labute approximate surface area is 167 Å². The first-order valence-electron chi connectivity index (χ1n) is 8.28. The summed E-state index contributed by atoms with van der Waals surface area (Å²) in [6, 6.07) is 2.74. The van der Waals surface area contributed by atoms with Gasteiger partial charge in [0.2, 0.25) is 5.95 Å². The molecule has 0 bridgehead atoms. The number of halogens is 7. The van der Waals surface area contributed by atoms with Crippen molar-refractivity contribution in [2.24, 2.45) is 5.92 Å². The molecule has 0 radical (unpaired) electrons. The Hall–Kier alpha value is -2.27. The third-order valence-electron chi connectivity index (χ3n) is 3.88. The Balaban J connectivity index is 2.43. The van der Waals surface area contributed by atoms with Gasteiger partial charge in [0.25, 0.3) is 0 Å². The summed E-state index contributed by atoms with van der Waals surface area (Å²) in [6.07, 6.45) is -9.56. The van der Waals surface area contributed by atoms with E-state index < -0.39 is 40.6 Å². The summed E-state index contributed by atoms with van der Waals surface area (Å²) < 4.78 is 78.5. The van der Waals surface area contributed by atoms with E-state index in [0.717, 1.165) is 6.07 Å². The lowest BCUT2D eigenvalue weighted by molar-refractivity contribution is -0.141. The highest BCUT2D eigenvalue weighted by Gasteiger charge is 2.35.